The van der Waals surface area contributed by atoms with E-state index >= 15 is 0 Å². The minimum Gasteiger partial charge on any atom is -0.491 e. The second-order valence-electron chi connectivity index (χ2n) is 6.54. The number of hydrogen-bond donors (Lipinski definition) is 0. The standard InChI is InChI=1S/C18H25BrN2O2/c1-3-5-18(22)21-9-7-13-10-15(19)17(11-16(13)21)23-12-14-6-4-8-20(14)2/h10-11,14H,3-9,12H2,1-2H3. The molecule has 0 spiro atoms. The van der Waals surface area contributed by atoms with E-state index in [1.165, 1.54) is 18.4 Å². The van der Waals surface area contributed by atoms with Crippen LogP contribution in [0.2, 0.25) is 0 Å². The van der Waals surface area contributed by atoms with E-state index in [1.807, 2.05) is 17.9 Å². The molecule has 2 aliphatic heterocycles. The summed E-state index contributed by atoms with van der Waals surface area (Å²) in [4.78, 5) is 16.6. The van der Waals surface area contributed by atoms with E-state index in [2.05, 4.69) is 33.9 Å². The molecule has 1 unspecified atom stereocenters. The summed E-state index contributed by atoms with van der Waals surface area (Å²) in [5, 5.41) is 0. The Balaban J connectivity index is 1.74. The van der Waals surface area contributed by atoms with Crippen LogP contribution in [-0.2, 0) is 11.2 Å². The zero-order valence-electron chi connectivity index (χ0n) is 14.0. The SMILES string of the molecule is CCCC(=O)N1CCc2cc(Br)c(OCC3CCCN3C)cc21. The van der Waals surface area contributed by atoms with Gasteiger partial charge in [0.05, 0.1) is 10.2 Å². The molecule has 23 heavy (non-hydrogen) atoms. The van der Waals surface area contributed by atoms with Crippen molar-refractivity contribution in [2.24, 2.45) is 0 Å². The van der Waals surface area contributed by atoms with Crippen molar-refractivity contribution in [3.63, 3.8) is 0 Å². The number of halogens is 1. The molecule has 1 atom stereocenters. The van der Waals surface area contributed by atoms with Crippen LogP contribution in [0.25, 0.3) is 0 Å². The normalized spacial score (nSPS) is 20.8. The van der Waals surface area contributed by atoms with E-state index in [0.717, 1.165) is 41.8 Å². The molecule has 1 saturated heterocycles. The molecule has 0 N–H and O–H groups in total. The van der Waals surface area contributed by atoms with E-state index in [1.54, 1.807) is 0 Å². The number of carbonyl (C=O) groups is 1. The van der Waals surface area contributed by atoms with Crippen molar-refractivity contribution in [1.29, 1.82) is 0 Å². The van der Waals surface area contributed by atoms with Gasteiger partial charge in [-0.3, -0.25) is 4.79 Å². The minimum atomic E-state index is 0.218. The van der Waals surface area contributed by atoms with Crippen molar-refractivity contribution < 1.29 is 9.53 Å². The van der Waals surface area contributed by atoms with Gasteiger partial charge in [0, 0.05) is 25.1 Å². The van der Waals surface area contributed by atoms with Crippen molar-refractivity contribution in [2.75, 3.05) is 31.6 Å². The predicted molar refractivity (Wildman–Crippen MR) is 96.3 cm³/mol. The molecule has 1 aromatic carbocycles. The highest BCUT2D eigenvalue weighted by atomic mass is 79.9. The number of anilines is 1. The van der Waals surface area contributed by atoms with Crippen LogP contribution in [0.4, 0.5) is 5.69 Å². The molecule has 0 bridgehead atoms. The number of hydrogen-bond acceptors (Lipinski definition) is 3. The molecule has 2 heterocycles. The van der Waals surface area contributed by atoms with Gasteiger partial charge in [0.1, 0.15) is 12.4 Å². The Morgan fingerprint density at radius 1 is 1.39 bits per heavy atom. The number of fused-ring (bicyclic) bond motifs is 1. The summed E-state index contributed by atoms with van der Waals surface area (Å²) in [5.74, 6) is 1.07. The van der Waals surface area contributed by atoms with Gasteiger partial charge in [-0.25, -0.2) is 0 Å². The molecule has 0 aliphatic carbocycles. The molecular formula is C18H25BrN2O2. The van der Waals surface area contributed by atoms with Gasteiger partial charge in [-0.05, 0) is 66.8 Å². The molecule has 1 aromatic rings. The van der Waals surface area contributed by atoms with Crippen molar-refractivity contribution in [3.05, 3.63) is 22.2 Å². The van der Waals surface area contributed by atoms with Crippen LogP contribution in [0.3, 0.4) is 0 Å². The average molecular weight is 381 g/mol. The molecule has 4 nitrogen and oxygen atoms in total. The Morgan fingerprint density at radius 2 is 2.22 bits per heavy atom. The summed E-state index contributed by atoms with van der Waals surface area (Å²) in [6.07, 6.45) is 4.86. The number of amides is 1. The largest absolute Gasteiger partial charge is 0.491 e. The molecule has 0 saturated carbocycles. The third kappa shape index (κ3) is 3.56. The average Bonchev–Trinajstić information content (AvgIpc) is 3.11. The summed E-state index contributed by atoms with van der Waals surface area (Å²) in [7, 11) is 2.16. The Kier molecular flexibility index (Phi) is 5.27. The molecule has 0 aromatic heterocycles. The van der Waals surface area contributed by atoms with Gasteiger partial charge in [0.2, 0.25) is 5.91 Å². The summed E-state index contributed by atoms with van der Waals surface area (Å²) in [5.41, 5.74) is 2.26. The molecule has 3 rings (SSSR count). The fourth-order valence-corrected chi connectivity index (χ4v) is 3.99. The van der Waals surface area contributed by atoms with Crippen molar-refractivity contribution in [2.45, 2.75) is 45.1 Å². The van der Waals surface area contributed by atoms with Crippen molar-refractivity contribution in [3.8, 4) is 5.75 Å². The second-order valence-corrected chi connectivity index (χ2v) is 7.40. The number of likely N-dealkylation sites (tertiary alicyclic amines) is 1. The summed E-state index contributed by atoms with van der Waals surface area (Å²) >= 11 is 3.62. The zero-order valence-corrected chi connectivity index (χ0v) is 15.6. The highest BCUT2D eigenvalue weighted by Crippen LogP contribution is 2.38. The van der Waals surface area contributed by atoms with Crippen LogP contribution in [0.5, 0.6) is 5.75 Å². The lowest BCUT2D eigenvalue weighted by Crippen LogP contribution is -2.30. The fraction of sp³-hybridized carbons (Fsp3) is 0.611. The van der Waals surface area contributed by atoms with E-state index in [9.17, 15) is 4.79 Å². The number of rotatable bonds is 5. The minimum absolute atomic E-state index is 0.218. The molecule has 1 fully saturated rings. The fourth-order valence-electron chi connectivity index (χ4n) is 3.48. The molecule has 0 radical (unpaired) electrons. The maximum absolute atomic E-state index is 12.3. The van der Waals surface area contributed by atoms with Gasteiger partial charge in [-0.1, -0.05) is 6.92 Å². The highest BCUT2D eigenvalue weighted by molar-refractivity contribution is 9.10. The van der Waals surface area contributed by atoms with Gasteiger partial charge in [-0.15, -0.1) is 0 Å². The smallest absolute Gasteiger partial charge is 0.226 e. The Morgan fingerprint density at radius 3 is 2.91 bits per heavy atom. The Labute approximate surface area is 146 Å². The Hall–Kier alpha value is -1.07. The lowest BCUT2D eigenvalue weighted by Gasteiger charge is -2.22. The first kappa shape index (κ1) is 16.8. The predicted octanol–water partition coefficient (Wildman–Crippen LogP) is 3.61. The highest BCUT2D eigenvalue weighted by Gasteiger charge is 2.26. The summed E-state index contributed by atoms with van der Waals surface area (Å²) in [6, 6.07) is 4.64. The molecular weight excluding hydrogens is 356 g/mol. The maximum Gasteiger partial charge on any atom is 0.226 e. The zero-order chi connectivity index (χ0) is 16.4. The first-order valence-electron chi connectivity index (χ1n) is 8.56. The topological polar surface area (TPSA) is 32.8 Å². The first-order valence-corrected chi connectivity index (χ1v) is 9.35. The van der Waals surface area contributed by atoms with Crippen LogP contribution in [0.15, 0.2) is 16.6 Å². The third-order valence-electron chi connectivity index (χ3n) is 4.90. The molecule has 126 valence electrons. The van der Waals surface area contributed by atoms with Crippen molar-refractivity contribution in [1.82, 2.24) is 4.90 Å². The molecule has 1 amide bonds. The van der Waals surface area contributed by atoms with Gasteiger partial charge < -0.3 is 14.5 Å². The van der Waals surface area contributed by atoms with Crippen LogP contribution < -0.4 is 9.64 Å². The van der Waals surface area contributed by atoms with Crippen LogP contribution >= 0.6 is 15.9 Å². The summed E-state index contributed by atoms with van der Waals surface area (Å²) in [6.45, 7) is 4.69. The van der Waals surface area contributed by atoms with Crippen LogP contribution in [-0.4, -0.2) is 43.6 Å². The lowest BCUT2D eigenvalue weighted by molar-refractivity contribution is -0.118. The number of ether oxygens (including phenoxy) is 1. The second kappa shape index (κ2) is 7.22. The number of benzene rings is 1. The van der Waals surface area contributed by atoms with Gasteiger partial charge in [-0.2, -0.15) is 0 Å². The van der Waals surface area contributed by atoms with E-state index in [-0.39, 0.29) is 5.91 Å². The van der Waals surface area contributed by atoms with Crippen molar-refractivity contribution >= 4 is 27.5 Å². The van der Waals surface area contributed by atoms with Gasteiger partial charge >= 0.3 is 0 Å². The van der Waals surface area contributed by atoms with E-state index in [4.69, 9.17) is 4.74 Å². The van der Waals surface area contributed by atoms with Crippen LogP contribution in [0.1, 0.15) is 38.2 Å². The monoisotopic (exact) mass is 380 g/mol. The van der Waals surface area contributed by atoms with Gasteiger partial charge in [0.25, 0.3) is 0 Å². The maximum atomic E-state index is 12.3. The molecule has 2 aliphatic rings. The lowest BCUT2D eigenvalue weighted by atomic mass is 10.1. The quantitative estimate of drug-likeness (QED) is 0.781. The van der Waals surface area contributed by atoms with Crippen LogP contribution in [0, 0.1) is 0 Å². The summed E-state index contributed by atoms with van der Waals surface area (Å²) < 4.78 is 7.07. The van der Waals surface area contributed by atoms with Gasteiger partial charge in [0.15, 0.2) is 0 Å². The van der Waals surface area contributed by atoms with E-state index < -0.39 is 0 Å². The Bertz CT molecular complexity index is 591. The van der Waals surface area contributed by atoms with E-state index in [0.29, 0.717) is 19.1 Å². The number of carbonyl (C=O) groups excluding carboxylic acids is 1. The third-order valence-corrected chi connectivity index (χ3v) is 5.52. The number of likely N-dealkylation sites (N-methyl/N-ethyl adjacent to an activating group) is 1. The molecule has 5 heteroatoms. The first-order chi connectivity index (χ1) is 11.1. The number of nitrogens with zero attached hydrogens (tertiary/aromatic N) is 2.